The Morgan fingerprint density at radius 1 is 1.19 bits per heavy atom. The predicted molar refractivity (Wildman–Crippen MR) is 95.5 cm³/mol. The summed E-state index contributed by atoms with van der Waals surface area (Å²) in [6.07, 6.45) is 0. The lowest BCUT2D eigenvalue weighted by atomic mass is 10.3. The van der Waals surface area contributed by atoms with Crippen LogP contribution in [0.3, 0.4) is 0 Å². The molecular formula is C15H12N4O6S-2. The van der Waals surface area contributed by atoms with Gasteiger partial charge in [-0.15, -0.1) is 0 Å². The molecule has 0 saturated heterocycles. The highest BCUT2D eigenvalue weighted by Gasteiger charge is 2.11. The van der Waals surface area contributed by atoms with Crippen molar-refractivity contribution in [1.82, 2.24) is 4.98 Å². The Balaban J connectivity index is 1.66. The van der Waals surface area contributed by atoms with Crippen LogP contribution < -0.4 is 20.5 Å². The predicted octanol–water partition coefficient (Wildman–Crippen LogP) is 2.70. The molecule has 136 valence electrons. The van der Waals surface area contributed by atoms with Crippen LogP contribution in [0, 0.1) is 10.4 Å². The van der Waals surface area contributed by atoms with Crippen LogP contribution in [0.1, 0.15) is 0 Å². The first-order valence-corrected chi connectivity index (χ1v) is 8.00. The lowest BCUT2D eigenvalue weighted by Crippen LogP contribution is -2.21. The number of hydrogen-bond acceptors (Lipinski definition) is 10. The molecule has 2 aromatic carbocycles. The zero-order chi connectivity index (χ0) is 18.7. The highest BCUT2D eigenvalue weighted by Crippen LogP contribution is 2.29. The maximum atomic E-state index is 12.0. The van der Waals surface area contributed by atoms with Crippen molar-refractivity contribution in [2.75, 3.05) is 22.4 Å². The highest BCUT2D eigenvalue weighted by atomic mass is 32.1. The fraction of sp³-hybridized carbons (Fsp3) is 0.0667. The maximum Gasteiger partial charge on any atom is 0.264 e. The number of fused-ring (bicyclic) bond motifs is 1. The third-order valence-electron chi connectivity index (χ3n) is 3.27. The molecule has 0 fully saturated rings. The van der Waals surface area contributed by atoms with Gasteiger partial charge in [0, 0.05) is 0 Å². The number of thiazole rings is 1. The normalized spacial score (nSPS) is 10.6. The molecule has 10 nitrogen and oxygen atoms in total. The minimum absolute atomic E-state index is 0.0464. The summed E-state index contributed by atoms with van der Waals surface area (Å²) in [5.41, 5.74) is 0.466. The SMILES string of the molecule is O=C(COc1ccccc1N([O-])O)Nc1nc2ccc(N([O-])O)cc2s1. The highest BCUT2D eigenvalue weighted by molar-refractivity contribution is 7.22. The molecule has 3 rings (SSSR count). The van der Waals surface area contributed by atoms with Crippen LogP contribution in [-0.2, 0) is 4.79 Å². The van der Waals surface area contributed by atoms with E-state index < -0.39 is 12.5 Å². The van der Waals surface area contributed by atoms with Crippen molar-refractivity contribution in [3.05, 3.63) is 52.9 Å². The van der Waals surface area contributed by atoms with Gasteiger partial charge < -0.3 is 25.6 Å². The molecule has 0 aliphatic rings. The summed E-state index contributed by atoms with van der Waals surface area (Å²) in [5, 5.41) is 42.0. The van der Waals surface area contributed by atoms with Gasteiger partial charge in [-0.3, -0.25) is 20.5 Å². The van der Waals surface area contributed by atoms with Gasteiger partial charge in [-0.1, -0.05) is 23.5 Å². The van der Waals surface area contributed by atoms with Crippen LogP contribution in [0.15, 0.2) is 42.5 Å². The molecule has 3 aromatic rings. The molecule has 1 amide bonds. The molecular weight excluding hydrogens is 364 g/mol. The number of nitrogens with zero attached hydrogens (tertiary/aromatic N) is 3. The van der Waals surface area contributed by atoms with E-state index in [1.165, 1.54) is 36.4 Å². The first kappa shape index (κ1) is 17.8. The molecule has 0 spiro atoms. The number of benzene rings is 2. The van der Waals surface area contributed by atoms with E-state index in [1.54, 1.807) is 6.07 Å². The second-order valence-corrected chi connectivity index (χ2v) is 6.05. The Morgan fingerprint density at radius 3 is 2.69 bits per heavy atom. The van der Waals surface area contributed by atoms with E-state index in [-0.39, 0.29) is 32.7 Å². The molecule has 11 heteroatoms. The van der Waals surface area contributed by atoms with E-state index in [9.17, 15) is 15.2 Å². The zero-order valence-corrected chi connectivity index (χ0v) is 13.8. The van der Waals surface area contributed by atoms with Crippen LogP contribution in [0.4, 0.5) is 16.5 Å². The van der Waals surface area contributed by atoms with Crippen molar-refractivity contribution in [3.63, 3.8) is 0 Å². The van der Waals surface area contributed by atoms with Crippen LogP contribution in [0.5, 0.6) is 5.75 Å². The van der Waals surface area contributed by atoms with Crippen LogP contribution in [-0.4, -0.2) is 27.9 Å². The molecule has 1 aromatic heterocycles. The van der Waals surface area contributed by atoms with Gasteiger partial charge in [0.15, 0.2) is 11.7 Å². The lowest BCUT2D eigenvalue weighted by molar-refractivity contribution is -0.118. The fourth-order valence-electron chi connectivity index (χ4n) is 2.12. The van der Waals surface area contributed by atoms with Gasteiger partial charge in [0.2, 0.25) is 0 Å². The second kappa shape index (κ2) is 7.51. The molecule has 0 saturated carbocycles. The summed E-state index contributed by atoms with van der Waals surface area (Å²) in [4.78, 5) is 16.2. The molecule has 0 aliphatic heterocycles. The molecule has 3 N–H and O–H groups in total. The van der Waals surface area contributed by atoms with Crippen LogP contribution >= 0.6 is 11.3 Å². The second-order valence-electron chi connectivity index (χ2n) is 5.02. The van der Waals surface area contributed by atoms with Crippen molar-refractivity contribution in [1.29, 1.82) is 0 Å². The van der Waals surface area contributed by atoms with Gasteiger partial charge in [0.1, 0.15) is 5.75 Å². The van der Waals surface area contributed by atoms with Crippen molar-refractivity contribution < 1.29 is 19.9 Å². The summed E-state index contributed by atoms with van der Waals surface area (Å²) in [7, 11) is 0. The number of hydrogen-bond donors (Lipinski definition) is 3. The third kappa shape index (κ3) is 3.99. The number of para-hydroxylation sites is 2. The number of anilines is 3. The van der Waals surface area contributed by atoms with Gasteiger partial charge in [0.25, 0.3) is 5.91 Å². The Kier molecular flexibility index (Phi) is 5.16. The summed E-state index contributed by atoms with van der Waals surface area (Å²) in [5.74, 6) is -0.477. The average Bonchev–Trinajstić information content (AvgIpc) is 3.01. The maximum absolute atomic E-state index is 12.0. The Bertz CT molecular complexity index is 929. The standard InChI is InChI=1S/C15H12N4O6S/c20-14(8-25-12-4-2-1-3-11(12)19(23)24)17-15-16-10-6-5-9(18(21)22)7-13(10)26-15/h1-7,21,23H,8H2,(H,16,17,20)/q-2. The minimum Gasteiger partial charge on any atom is -0.733 e. The molecule has 0 unspecified atom stereocenters. The first-order valence-electron chi connectivity index (χ1n) is 7.18. The zero-order valence-electron chi connectivity index (χ0n) is 13.0. The van der Waals surface area contributed by atoms with Crippen molar-refractivity contribution in [2.24, 2.45) is 0 Å². The van der Waals surface area contributed by atoms with Gasteiger partial charge in [-0.05, 0) is 30.3 Å². The summed E-state index contributed by atoms with van der Waals surface area (Å²) >= 11 is 1.11. The van der Waals surface area contributed by atoms with E-state index in [4.69, 9.17) is 15.2 Å². The molecule has 0 radical (unpaired) electrons. The van der Waals surface area contributed by atoms with E-state index in [0.29, 0.717) is 10.2 Å². The Labute approximate surface area is 150 Å². The van der Waals surface area contributed by atoms with Gasteiger partial charge in [0.05, 0.1) is 21.6 Å². The topological polar surface area (TPSA) is 144 Å². The van der Waals surface area contributed by atoms with Gasteiger partial charge in [-0.25, -0.2) is 4.98 Å². The smallest absolute Gasteiger partial charge is 0.264 e. The number of amides is 1. The summed E-state index contributed by atoms with van der Waals surface area (Å²) in [6, 6.07) is 10.3. The molecule has 0 bridgehead atoms. The summed E-state index contributed by atoms with van der Waals surface area (Å²) < 4.78 is 5.84. The van der Waals surface area contributed by atoms with Gasteiger partial charge in [-0.2, -0.15) is 0 Å². The van der Waals surface area contributed by atoms with E-state index in [2.05, 4.69) is 10.3 Å². The Hall–Kier alpha value is -2.96. The third-order valence-corrected chi connectivity index (χ3v) is 4.20. The van der Waals surface area contributed by atoms with Gasteiger partial charge >= 0.3 is 0 Å². The molecule has 0 atom stereocenters. The molecule has 1 heterocycles. The van der Waals surface area contributed by atoms with E-state index in [1.807, 2.05) is 0 Å². The number of carbonyl (C=O) groups excluding carboxylic acids is 1. The van der Waals surface area contributed by atoms with Crippen LogP contribution in [0.25, 0.3) is 10.2 Å². The largest absolute Gasteiger partial charge is 0.733 e. The quantitative estimate of drug-likeness (QED) is 0.553. The lowest BCUT2D eigenvalue weighted by Gasteiger charge is -2.23. The van der Waals surface area contributed by atoms with Crippen molar-refractivity contribution in [3.8, 4) is 5.75 Å². The van der Waals surface area contributed by atoms with Crippen molar-refractivity contribution in [2.45, 2.75) is 0 Å². The average molecular weight is 376 g/mol. The van der Waals surface area contributed by atoms with Crippen LogP contribution in [0.2, 0.25) is 0 Å². The number of nitrogens with one attached hydrogen (secondary N) is 1. The summed E-state index contributed by atoms with van der Waals surface area (Å²) in [6.45, 7) is -0.406. The molecule has 0 aliphatic carbocycles. The number of rotatable bonds is 6. The number of carbonyl (C=O) groups is 1. The minimum atomic E-state index is -0.526. The first-order chi connectivity index (χ1) is 12.4. The molecule has 26 heavy (non-hydrogen) atoms. The van der Waals surface area contributed by atoms with Crippen molar-refractivity contribution >= 4 is 44.0 Å². The number of ether oxygens (including phenoxy) is 1. The van der Waals surface area contributed by atoms with E-state index >= 15 is 0 Å². The monoisotopic (exact) mass is 376 g/mol. The Morgan fingerprint density at radius 2 is 1.96 bits per heavy atom. The fourth-order valence-corrected chi connectivity index (χ4v) is 3.04. The number of aromatic nitrogens is 1. The van der Waals surface area contributed by atoms with E-state index in [0.717, 1.165) is 11.3 Å².